The number of ether oxygens (including phenoxy) is 3. The fourth-order valence-electron chi connectivity index (χ4n) is 2.27. The van der Waals surface area contributed by atoms with E-state index in [0.717, 1.165) is 0 Å². The van der Waals surface area contributed by atoms with Gasteiger partial charge in [0, 0.05) is 18.2 Å². The Morgan fingerprint density at radius 3 is 2.75 bits per heavy atom. The van der Waals surface area contributed by atoms with Crippen LogP contribution in [-0.4, -0.2) is 45.2 Å². The number of nitrogens with zero attached hydrogens (tertiary/aromatic N) is 1. The molecule has 9 heteroatoms. The lowest BCUT2D eigenvalue weighted by molar-refractivity contribution is -0.0695. The number of aryl methyl sites for hydroxylation is 1. The first-order valence-corrected chi connectivity index (χ1v) is 7.58. The van der Waals surface area contributed by atoms with Crippen molar-refractivity contribution in [1.29, 1.82) is 0 Å². The molecular formula is C15H22N2O7. The fraction of sp³-hybridized carbons (Fsp3) is 0.667. The molecule has 9 nitrogen and oxygen atoms in total. The highest BCUT2D eigenvalue weighted by Crippen LogP contribution is 2.28. The van der Waals surface area contributed by atoms with Crippen LogP contribution in [0.1, 0.15) is 39.0 Å². The van der Waals surface area contributed by atoms with Gasteiger partial charge in [0.2, 0.25) is 0 Å². The van der Waals surface area contributed by atoms with Gasteiger partial charge in [-0.25, -0.2) is 9.59 Å². The molecule has 2 N–H and O–H groups in total. The Morgan fingerprint density at radius 2 is 2.12 bits per heavy atom. The van der Waals surface area contributed by atoms with Crippen molar-refractivity contribution in [2.75, 3.05) is 6.61 Å². The number of carbonyl (C=O) groups excluding carboxylic acids is 1. The van der Waals surface area contributed by atoms with Crippen LogP contribution in [0.2, 0.25) is 0 Å². The normalized spacial score (nSPS) is 24.0. The molecule has 0 saturated carbocycles. The maximum atomic E-state index is 11.9. The van der Waals surface area contributed by atoms with E-state index in [4.69, 9.17) is 14.2 Å². The molecule has 2 rings (SSSR count). The number of aliphatic hydroxyl groups excluding tert-OH is 1. The number of aliphatic hydroxyl groups is 1. The van der Waals surface area contributed by atoms with Crippen LogP contribution < -0.4 is 11.2 Å². The minimum absolute atomic E-state index is 0.133. The van der Waals surface area contributed by atoms with E-state index < -0.39 is 41.4 Å². The molecule has 0 spiro atoms. The Labute approximate surface area is 138 Å². The second-order valence-electron chi connectivity index (χ2n) is 6.69. The van der Waals surface area contributed by atoms with Crippen LogP contribution in [-0.2, 0) is 14.2 Å². The third-order valence-corrected chi connectivity index (χ3v) is 3.42. The molecule has 0 aliphatic carbocycles. The van der Waals surface area contributed by atoms with Crippen molar-refractivity contribution >= 4 is 6.16 Å². The van der Waals surface area contributed by atoms with Crippen LogP contribution in [0.3, 0.4) is 0 Å². The van der Waals surface area contributed by atoms with E-state index in [1.54, 1.807) is 27.7 Å². The monoisotopic (exact) mass is 342 g/mol. The second kappa shape index (κ2) is 6.78. The zero-order valence-electron chi connectivity index (χ0n) is 14.1. The molecule has 1 aromatic rings. The number of hydrogen-bond acceptors (Lipinski definition) is 7. The summed E-state index contributed by atoms with van der Waals surface area (Å²) < 4.78 is 16.7. The standard InChI is InChI=1S/C15H22N2O7/c1-8-6-17(13(20)16-12(8)19)11-5-9(18)10(23-11)7-22-14(21)24-15(2,3)4/h6,9-11,18H,5,7H2,1-4H3,(H,16,19,20)/t9-,10+,11+/m0/s1. The molecule has 134 valence electrons. The van der Waals surface area contributed by atoms with Crippen molar-refractivity contribution in [2.45, 2.75) is 58.2 Å². The molecule has 2 heterocycles. The van der Waals surface area contributed by atoms with Gasteiger partial charge in [-0.05, 0) is 27.7 Å². The summed E-state index contributed by atoms with van der Waals surface area (Å²) >= 11 is 0. The Kier molecular flexibility index (Phi) is 5.14. The highest BCUT2D eigenvalue weighted by atomic mass is 16.7. The second-order valence-corrected chi connectivity index (χ2v) is 6.69. The molecule has 0 aromatic carbocycles. The van der Waals surface area contributed by atoms with E-state index >= 15 is 0 Å². The van der Waals surface area contributed by atoms with Gasteiger partial charge in [0.05, 0.1) is 6.10 Å². The predicted octanol–water partition coefficient (Wildman–Crippen LogP) is 0.445. The van der Waals surface area contributed by atoms with Crippen molar-refractivity contribution in [3.63, 3.8) is 0 Å². The van der Waals surface area contributed by atoms with Gasteiger partial charge in [0.1, 0.15) is 24.5 Å². The number of hydrogen-bond donors (Lipinski definition) is 2. The first kappa shape index (κ1) is 18.2. The Balaban J connectivity index is 2.00. The minimum atomic E-state index is -0.920. The first-order chi connectivity index (χ1) is 11.1. The number of rotatable bonds is 3. The third kappa shape index (κ3) is 4.45. The molecule has 1 aliphatic rings. The van der Waals surface area contributed by atoms with Gasteiger partial charge in [0.25, 0.3) is 5.56 Å². The van der Waals surface area contributed by atoms with Crippen LogP contribution in [0.4, 0.5) is 4.79 Å². The number of nitrogens with one attached hydrogen (secondary N) is 1. The summed E-state index contributed by atoms with van der Waals surface area (Å²) in [6.07, 6.45) is -1.82. The average molecular weight is 342 g/mol. The van der Waals surface area contributed by atoms with Gasteiger partial charge in [-0.15, -0.1) is 0 Å². The molecule has 0 amide bonds. The van der Waals surface area contributed by atoms with E-state index in [-0.39, 0.29) is 13.0 Å². The quantitative estimate of drug-likeness (QED) is 0.765. The smallest absolute Gasteiger partial charge is 0.431 e. The van der Waals surface area contributed by atoms with Gasteiger partial charge >= 0.3 is 11.8 Å². The molecule has 24 heavy (non-hydrogen) atoms. The minimum Gasteiger partial charge on any atom is -0.431 e. The zero-order chi connectivity index (χ0) is 18.1. The van der Waals surface area contributed by atoms with E-state index in [1.807, 2.05) is 0 Å². The summed E-state index contributed by atoms with van der Waals surface area (Å²) in [6.45, 7) is 6.47. The van der Waals surface area contributed by atoms with Gasteiger partial charge < -0.3 is 19.3 Å². The Morgan fingerprint density at radius 1 is 1.46 bits per heavy atom. The van der Waals surface area contributed by atoms with Gasteiger partial charge in [-0.2, -0.15) is 0 Å². The van der Waals surface area contributed by atoms with Crippen LogP contribution in [0.25, 0.3) is 0 Å². The lowest BCUT2D eigenvalue weighted by Crippen LogP contribution is -2.33. The van der Waals surface area contributed by atoms with Crippen molar-refractivity contribution in [3.05, 3.63) is 32.6 Å². The number of H-pyrrole nitrogens is 1. The third-order valence-electron chi connectivity index (χ3n) is 3.42. The fourth-order valence-corrected chi connectivity index (χ4v) is 2.27. The molecule has 0 radical (unpaired) electrons. The largest absolute Gasteiger partial charge is 0.508 e. The number of carbonyl (C=O) groups is 1. The molecule has 1 aliphatic heterocycles. The summed E-state index contributed by atoms with van der Waals surface area (Å²) in [7, 11) is 0. The lowest BCUT2D eigenvalue weighted by atomic mass is 10.2. The van der Waals surface area contributed by atoms with Crippen LogP contribution in [0.15, 0.2) is 15.8 Å². The number of aromatic amines is 1. The van der Waals surface area contributed by atoms with E-state index in [2.05, 4.69) is 4.98 Å². The van der Waals surface area contributed by atoms with E-state index in [9.17, 15) is 19.5 Å². The van der Waals surface area contributed by atoms with Gasteiger partial charge in [-0.1, -0.05) is 0 Å². The van der Waals surface area contributed by atoms with Crippen LogP contribution in [0, 0.1) is 6.92 Å². The first-order valence-electron chi connectivity index (χ1n) is 7.58. The maximum absolute atomic E-state index is 11.9. The summed E-state index contributed by atoms with van der Waals surface area (Å²) in [5, 5.41) is 10.0. The highest BCUT2D eigenvalue weighted by Gasteiger charge is 2.36. The maximum Gasteiger partial charge on any atom is 0.508 e. The predicted molar refractivity (Wildman–Crippen MR) is 82.8 cm³/mol. The summed E-state index contributed by atoms with van der Waals surface area (Å²) in [5.41, 5.74) is -1.44. The highest BCUT2D eigenvalue weighted by molar-refractivity contribution is 5.60. The zero-order valence-corrected chi connectivity index (χ0v) is 14.1. The molecule has 3 atom stereocenters. The molecule has 0 bridgehead atoms. The summed E-state index contributed by atoms with van der Waals surface area (Å²) in [6, 6.07) is 0. The molecular weight excluding hydrogens is 320 g/mol. The SMILES string of the molecule is Cc1cn([C@H]2C[C@H](O)[C@@H](COC(=O)OC(C)(C)C)O2)c(=O)[nH]c1=O. The lowest BCUT2D eigenvalue weighted by Gasteiger charge is -2.20. The van der Waals surface area contributed by atoms with Crippen LogP contribution in [0.5, 0.6) is 0 Å². The van der Waals surface area contributed by atoms with Crippen molar-refractivity contribution in [2.24, 2.45) is 0 Å². The van der Waals surface area contributed by atoms with Gasteiger partial charge in [-0.3, -0.25) is 14.3 Å². The molecule has 1 fully saturated rings. The Bertz CT molecular complexity index is 716. The average Bonchev–Trinajstić information content (AvgIpc) is 2.80. The van der Waals surface area contributed by atoms with Crippen molar-refractivity contribution < 1.29 is 24.1 Å². The van der Waals surface area contributed by atoms with Crippen LogP contribution >= 0.6 is 0 Å². The van der Waals surface area contributed by atoms with Crippen molar-refractivity contribution in [3.8, 4) is 0 Å². The molecule has 0 unspecified atom stereocenters. The van der Waals surface area contributed by atoms with E-state index in [1.165, 1.54) is 10.8 Å². The van der Waals surface area contributed by atoms with Gasteiger partial charge in [0.15, 0.2) is 0 Å². The summed E-state index contributed by atoms with van der Waals surface area (Å²) in [5.74, 6) is 0. The summed E-state index contributed by atoms with van der Waals surface area (Å²) in [4.78, 5) is 37.0. The van der Waals surface area contributed by atoms with E-state index in [0.29, 0.717) is 5.56 Å². The molecule has 1 saturated heterocycles. The van der Waals surface area contributed by atoms with Crippen molar-refractivity contribution in [1.82, 2.24) is 9.55 Å². The molecule has 1 aromatic heterocycles. The Hall–Kier alpha value is -2.13. The number of aromatic nitrogens is 2. The topological polar surface area (TPSA) is 120 Å².